The molecule has 0 saturated carbocycles. The molecule has 1 N–H and O–H groups in total. The maximum absolute atomic E-state index is 8.69. The van der Waals surface area contributed by atoms with E-state index >= 15 is 0 Å². The third kappa shape index (κ3) is 2.27. The van der Waals surface area contributed by atoms with Crippen LogP contribution in [-0.2, 0) is 0 Å². The van der Waals surface area contributed by atoms with Crippen LogP contribution in [0.2, 0.25) is 0 Å². The zero-order valence-corrected chi connectivity index (χ0v) is 7.71. The fraction of sp³-hybridized carbons (Fsp3) is 0.222. The van der Waals surface area contributed by atoms with E-state index in [9.17, 15) is 0 Å². The van der Waals surface area contributed by atoms with Crippen LogP contribution in [0.5, 0.6) is 0 Å². The highest BCUT2D eigenvalue weighted by molar-refractivity contribution is 7.99. The van der Waals surface area contributed by atoms with Crippen molar-refractivity contribution in [3.05, 3.63) is 35.9 Å². The second kappa shape index (κ2) is 4.83. The molecule has 0 bridgehead atoms. The van der Waals surface area contributed by atoms with Gasteiger partial charge < -0.3 is 5.21 Å². The Kier molecular flexibility index (Phi) is 3.67. The van der Waals surface area contributed by atoms with Gasteiger partial charge >= 0.3 is 0 Å². The lowest BCUT2D eigenvalue weighted by Crippen LogP contribution is -2.03. The van der Waals surface area contributed by atoms with Gasteiger partial charge in [-0.05, 0) is 6.26 Å². The summed E-state index contributed by atoms with van der Waals surface area (Å²) in [6.07, 6.45) is 1.98. The Hall–Kier alpha value is -0.960. The highest BCUT2D eigenvalue weighted by atomic mass is 32.2. The van der Waals surface area contributed by atoms with Crippen molar-refractivity contribution in [3.8, 4) is 0 Å². The molecule has 64 valence electrons. The Morgan fingerprint density at radius 3 is 2.58 bits per heavy atom. The number of benzene rings is 1. The Morgan fingerprint density at radius 1 is 1.42 bits per heavy atom. The van der Waals surface area contributed by atoms with Gasteiger partial charge in [0, 0.05) is 11.3 Å². The van der Waals surface area contributed by atoms with Crippen molar-refractivity contribution in [1.82, 2.24) is 0 Å². The van der Waals surface area contributed by atoms with Crippen molar-refractivity contribution in [3.63, 3.8) is 0 Å². The molecule has 0 aliphatic rings. The molecule has 1 aromatic rings. The summed E-state index contributed by atoms with van der Waals surface area (Å²) >= 11 is 1.64. The van der Waals surface area contributed by atoms with Crippen LogP contribution in [0.3, 0.4) is 0 Å². The standard InChI is InChI=1S/C9H11NOS/c1-12-7-9(10-11)8-5-3-2-4-6-8/h2-6,11H,7H2,1H3/b10-9+. The van der Waals surface area contributed by atoms with Crippen molar-refractivity contribution in [2.24, 2.45) is 5.16 Å². The van der Waals surface area contributed by atoms with E-state index in [4.69, 9.17) is 5.21 Å². The second-order valence-electron chi connectivity index (χ2n) is 2.35. The summed E-state index contributed by atoms with van der Waals surface area (Å²) in [4.78, 5) is 0. The molecule has 0 saturated heterocycles. The Balaban J connectivity index is 2.82. The summed E-state index contributed by atoms with van der Waals surface area (Å²) in [5.41, 5.74) is 1.71. The molecular formula is C9H11NOS. The van der Waals surface area contributed by atoms with Gasteiger partial charge in [0.25, 0.3) is 0 Å². The normalized spacial score (nSPS) is 11.6. The average molecular weight is 181 g/mol. The van der Waals surface area contributed by atoms with Crippen LogP contribution >= 0.6 is 11.8 Å². The number of thioether (sulfide) groups is 1. The van der Waals surface area contributed by atoms with Crippen LogP contribution in [0.25, 0.3) is 0 Å². The zero-order valence-electron chi connectivity index (χ0n) is 6.90. The van der Waals surface area contributed by atoms with Gasteiger partial charge in [0.1, 0.15) is 0 Å². The molecule has 0 aromatic heterocycles. The first kappa shape index (κ1) is 9.13. The Labute approximate surface area is 76.3 Å². The smallest absolute Gasteiger partial charge is 0.0966 e. The van der Waals surface area contributed by atoms with Crippen molar-refractivity contribution in [2.45, 2.75) is 0 Å². The van der Waals surface area contributed by atoms with Gasteiger partial charge in [-0.15, -0.1) is 0 Å². The highest BCUT2D eigenvalue weighted by Crippen LogP contribution is 2.05. The molecular weight excluding hydrogens is 170 g/mol. The van der Waals surface area contributed by atoms with Gasteiger partial charge in [0.15, 0.2) is 0 Å². The monoisotopic (exact) mass is 181 g/mol. The molecule has 1 aromatic carbocycles. The van der Waals surface area contributed by atoms with E-state index in [-0.39, 0.29) is 0 Å². The SMILES string of the molecule is CSC/C(=N\O)c1ccccc1. The number of hydrogen-bond acceptors (Lipinski definition) is 3. The third-order valence-electron chi connectivity index (χ3n) is 1.51. The minimum absolute atomic E-state index is 0.725. The van der Waals surface area contributed by atoms with Crippen LogP contribution in [-0.4, -0.2) is 22.9 Å². The zero-order chi connectivity index (χ0) is 8.81. The van der Waals surface area contributed by atoms with Gasteiger partial charge in [0.2, 0.25) is 0 Å². The lowest BCUT2D eigenvalue weighted by atomic mass is 10.1. The molecule has 0 aliphatic carbocycles. The molecule has 0 atom stereocenters. The first-order valence-corrected chi connectivity index (χ1v) is 5.03. The summed E-state index contributed by atoms with van der Waals surface area (Å²) in [7, 11) is 0. The van der Waals surface area contributed by atoms with Crippen LogP contribution in [0.1, 0.15) is 5.56 Å². The summed E-state index contributed by atoms with van der Waals surface area (Å²) in [6.45, 7) is 0. The Morgan fingerprint density at radius 2 is 2.08 bits per heavy atom. The molecule has 0 amide bonds. The van der Waals surface area contributed by atoms with E-state index in [0.29, 0.717) is 0 Å². The van der Waals surface area contributed by atoms with E-state index in [2.05, 4.69) is 5.16 Å². The predicted octanol–water partition coefficient (Wildman–Crippen LogP) is 2.23. The predicted molar refractivity (Wildman–Crippen MR) is 53.1 cm³/mol. The van der Waals surface area contributed by atoms with E-state index in [0.717, 1.165) is 17.0 Å². The van der Waals surface area contributed by atoms with Gasteiger partial charge in [-0.3, -0.25) is 0 Å². The molecule has 0 fully saturated rings. The van der Waals surface area contributed by atoms with Crippen LogP contribution in [0.4, 0.5) is 0 Å². The van der Waals surface area contributed by atoms with Crippen molar-refractivity contribution >= 4 is 17.5 Å². The Bertz CT molecular complexity index is 258. The topological polar surface area (TPSA) is 32.6 Å². The quantitative estimate of drug-likeness (QED) is 0.440. The maximum atomic E-state index is 8.69. The molecule has 12 heavy (non-hydrogen) atoms. The van der Waals surface area contributed by atoms with Crippen LogP contribution in [0, 0.1) is 0 Å². The van der Waals surface area contributed by atoms with Gasteiger partial charge in [-0.2, -0.15) is 11.8 Å². The number of oxime groups is 1. The van der Waals surface area contributed by atoms with Gasteiger partial charge in [-0.1, -0.05) is 35.5 Å². The van der Waals surface area contributed by atoms with Crippen molar-refractivity contribution in [1.29, 1.82) is 0 Å². The molecule has 0 radical (unpaired) electrons. The average Bonchev–Trinajstić information content (AvgIpc) is 2.15. The molecule has 0 spiro atoms. The molecule has 0 unspecified atom stereocenters. The minimum atomic E-state index is 0.725. The summed E-state index contributed by atoms with van der Waals surface area (Å²) in [6, 6.07) is 9.68. The van der Waals surface area contributed by atoms with E-state index in [1.54, 1.807) is 11.8 Å². The summed E-state index contributed by atoms with van der Waals surface area (Å²) in [5.74, 6) is 0.737. The summed E-state index contributed by atoms with van der Waals surface area (Å²) < 4.78 is 0. The fourth-order valence-electron chi connectivity index (χ4n) is 0.937. The molecule has 2 nitrogen and oxygen atoms in total. The van der Waals surface area contributed by atoms with Crippen molar-refractivity contribution < 1.29 is 5.21 Å². The largest absolute Gasteiger partial charge is 0.411 e. The van der Waals surface area contributed by atoms with E-state index in [1.165, 1.54) is 0 Å². The molecule has 3 heteroatoms. The van der Waals surface area contributed by atoms with Gasteiger partial charge in [-0.25, -0.2) is 0 Å². The van der Waals surface area contributed by atoms with Crippen LogP contribution in [0.15, 0.2) is 35.5 Å². The minimum Gasteiger partial charge on any atom is -0.411 e. The fourth-order valence-corrected chi connectivity index (χ4v) is 1.44. The lowest BCUT2D eigenvalue weighted by Gasteiger charge is -2.00. The van der Waals surface area contributed by atoms with Crippen LogP contribution < -0.4 is 0 Å². The number of hydrogen-bond donors (Lipinski definition) is 1. The van der Waals surface area contributed by atoms with Gasteiger partial charge in [0.05, 0.1) is 5.71 Å². The molecule has 0 heterocycles. The number of nitrogens with zero attached hydrogens (tertiary/aromatic N) is 1. The first-order valence-electron chi connectivity index (χ1n) is 3.63. The second-order valence-corrected chi connectivity index (χ2v) is 3.21. The van der Waals surface area contributed by atoms with E-state index < -0.39 is 0 Å². The maximum Gasteiger partial charge on any atom is 0.0966 e. The lowest BCUT2D eigenvalue weighted by molar-refractivity contribution is 0.319. The number of rotatable bonds is 3. The molecule has 0 aliphatic heterocycles. The summed E-state index contributed by atoms with van der Waals surface area (Å²) in [5, 5.41) is 11.9. The van der Waals surface area contributed by atoms with E-state index in [1.807, 2.05) is 36.6 Å². The molecule has 1 rings (SSSR count). The third-order valence-corrected chi connectivity index (χ3v) is 2.07. The first-order chi connectivity index (χ1) is 5.88. The van der Waals surface area contributed by atoms with Crippen molar-refractivity contribution in [2.75, 3.05) is 12.0 Å². The highest BCUT2D eigenvalue weighted by Gasteiger charge is 2.00.